The van der Waals surface area contributed by atoms with E-state index in [-0.39, 0.29) is 41.0 Å². The Morgan fingerprint density at radius 2 is 1.89 bits per heavy atom. The Morgan fingerprint density at radius 3 is 2.63 bits per heavy atom. The monoisotopic (exact) mass is 530 g/mol. The first-order valence-corrected chi connectivity index (χ1v) is 15.2. The van der Waals surface area contributed by atoms with Crippen molar-refractivity contribution in [2.24, 2.45) is 40.4 Å². The molecular formula is C31H50N2O5. The molecule has 4 aliphatic carbocycles. The highest BCUT2D eigenvalue weighted by Gasteiger charge is 2.68. The Morgan fingerprint density at radius 1 is 1.13 bits per heavy atom. The highest BCUT2D eigenvalue weighted by molar-refractivity contribution is 5.83. The van der Waals surface area contributed by atoms with Gasteiger partial charge in [0.15, 0.2) is 0 Å². The predicted molar refractivity (Wildman–Crippen MR) is 146 cm³/mol. The number of cyclic esters (lactones) is 1. The third-order valence-corrected chi connectivity index (χ3v) is 12.1. The van der Waals surface area contributed by atoms with Crippen LogP contribution in [0.1, 0.15) is 85.0 Å². The molecule has 38 heavy (non-hydrogen) atoms. The van der Waals surface area contributed by atoms with Crippen molar-refractivity contribution in [2.45, 2.75) is 103 Å². The van der Waals surface area contributed by atoms with Gasteiger partial charge in [0.25, 0.3) is 0 Å². The van der Waals surface area contributed by atoms with Crippen molar-refractivity contribution in [3.8, 4) is 0 Å². The molecule has 1 heterocycles. The maximum Gasteiger partial charge on any atom is 0.409 e. The van der Waals surface area contributed by atoms with Gasteiger partial charge in [-0.3, -0.25) is 0 Å². The van der Waals surface area contributed by atoms with Gasteiger partial charge in [-0.25, -0.2) is 9.59 Å². The van der Waals surface area contributed by atoms with Crippen molar-refractivity contribution >= 4 is 12.1 Å². The van der Waals surface area contributed by atoms with E-state index < -0.39 is 5.60 Å². The summed E-state index contributed by atoms with van der Waals surface area (Å²) in [5.41, 5.74) is -0.634. The minimum Gasteiger partial charge on any atom is -0.459 e. The van der Waals surface area contributed by atoms with E-state index in [2.05, 4.69) is 25.2 Å². The van der Waals surface area contributed by atoms with Gasteiger partial charge in [0.1, 0.15) is 12.2 Å². The summed E-state index contributed by atoms with van der Waals surface area (Å²) in [5, 5.41) is 15.6. The number of fused-ring (bicyclic) bond motifs is 5. The average Bonchev–Trinajstić information content (AvgIpc) is 3.15. The van der Waals surface area contributed by atoms with Crippen LogP contribution in [0.15, 0.2) is 12.2 Å². The maximum atomic E-state index is 12.7. The first-order valence-electron chi connectivity index (χ1n) is 15.2. The lowest BCUT2D eigenvalue weighted by molar-refractivity contribution is -0.214. The Labute approximate surface area is 229 Å². The van der Waals surface area contributed by atoms with Crippen molar-refractivity contribution in [3.63, 3.8) is 0 Å². The minimum atomic E-state index is -0.664. The van der Waals surface area contributed by atoms with Crippen molar-refractivity contribution in [3.05, 3.63) is 12.2 Å². The van der Waals surface area contributed by atoms with E-state index >= 15 is 0 Å². The number of esters is 1. The molecule has 0 saturated heterocycles. The van der Waals surface area contributed by atoms with Crippen LogP contribution in [0.25, 0.3) is 0 Å². The first kappa shape index (κ1) is 27.9. The molecule has 10 atom stereocenters. The standard InChI is InChI=1S/C31H50N2O5/c1-20-23(8-10-27(34)37-20)24-13-16-31(36)26-9-7-21-19-22(38-28(35)33(5)18-6-17-32-4)11-14-29(21,2)25(26)12-15-30(24,31)3/h8,10,20-26,32,36H,6-7,9,11-19H2,1-5H3. The SMILES string of the molecule is CNCCCN(C)C(=O)OC1CCC2(C)C(CCC3C2CCC2(C)C(C4C=CC(=O)OC4C)CCC32O)C1. The number of carbonyl (C=O) groups excluding carboxylic acids is 2. The number of amides is 1. The number of carbonyl (C=O) groups is 2. The zero-order chi connectivity index (χ0) is 27.3. The van der Waals surface area contributed by atoms with Gasteiger partial charge in [-0.1, -0.05) is 19.9 Å². The molecule has 2 N–H and O–H groups in total. The van der Waals surface area contributed by atoms with Gasteiger partial charge in [-0.2, -0.15) is 0 Å². The van der Waals surface area contributed by atoms with E-state index in [4.69, 9.17) is 9.47 Å². The molecule has 5 rings (SSSR count). The van der Waals surface area contributed by atoms with E-state index in [1.54, 1.807) is 11.0 Å². The molecule has 7 nitrogen and oxygen atoms in total. The van der Waals surface area contributed by atoms with Crippen molar-refractivity contribution in [1.29, 1.82) is 0 Å². The van der Waals surface area contributed by atoms with E-state index in [0.29, 0.717) is 30.2 Å². The zero-order valence-corrected chi connectivity index (χ0v) is 24.2. The number of nitrogens with zero attached hydrogens (tertiary/aromatic N) is 1. The molecule has 0 aromatic heterocycles. The smallest absolute Gasteiger partial charge is 0.409 e. The van der Waals surface area contributed by atoms with Crippen molar-refractivity contribution < 1.29 is 24.2 Å². The molecule has 7 heteroatoms. The Hall–Kier alpha value is -1.60. The number of aliphatic hydroxyl groups is 1. The van der Waals surface area contributed by atoms with Gasteiger partial charge < -0.3 is 24.8 Å². The van der Waals surface area contributed by atoms with E-state index in [0.717, 1.165) is 70.8 Å². The van der Waals surface area contributed by atoms with Gasteiger partial charge in [0, 0.05) is 31.0 Å². The van der Waals surface area contributed by atoms with E-state index in [1.165, 1.54) is 0 Å². The molecule has 0 spiro atoms. The number of hydrogen-bond donors (Lipinski definition) is 2. The maximum absolute atomic E-state index is 12.7. The second-order valence-electron chi connectivity index (χ2n) is 13.8. The molecule has 4 fully saturated rings. The molecule has 0 radical (unpaired) electrons. The largest absolute Gasteiger partial charge is 0.459 e. The van der Waals surface area contributed by atoms with Crippen LogP contribution >= 0.6 is 0 Å². The minimum absolute atomic E-state index is 0.000957. The number of rotatable bonds is 6. The summed E-state index contributed by atoms with van der Waals surface area (Å²) in [6, 6.07) is 0. The molecule has 0 aromatic carbocycles. The van der Waals surface area contributed by atoms with Gasteiger partial charge in [0.05, 0.1) is 5.60 Å². The van der Waals surface area contributed by atoms with Crippen LogP contribution in [0.3, 0.4) is 0 Å². The summed E-state index contributed by atoms with van der Waals surface area (Å²) in [7, 11) is 3.76. The predicted octanol–water partition coefficient (Wildman–Crippen LogP) is 4.92. The van der Waals surface area contributed by atoms with Crippen LogP contribution in [-0.4, -0.2) is 67.1 Å². The van der Waals surface area contributed by atoms with Gasteiger partial charge in [0.2, 0.25) is 0 Å². The second-order valence-corrected chi connectivity index (χ2v) is 13.8. The highest BCUT2D eigenvalue weighted by Crippen LogP contribution is 2.70. The lowest BCUT2D eigenvalue weighted by atomic mass is 9.43. The molecule has 4 saturated carbocycles. The Kier molecular flexibility index (Phi) is 7.66. The molecule has 5 aliphatic rings. The summed E-state index contributed by atoms with van der Waals surface area (Å²) in [6.45, 7) is 8.40. The van der Waals surface area contributed by atoms with Crippen LogP contribution in [0.2, 0.25) is 0 Å². The normalized spacial score (nSPS) is 45.9. The summed E-state index contributed by atoms with van der Waals surface area (Å²) in [6.07, 6.45) is 13.3. The molecule has 214 valence electrons. The number of ether oxygens (including phenoxy) is 2. The number of nitrogens with one attached hydrogen (secondary N) is 1. The summed E-state index contributed by atoms with van der Waals surface area (Å²) < 4.78 is 11.6. The quantitative estimate of drug-likeness (QED) is 0.374. The van der Waals surface area contributed by atoms with Crippen LogP contribution in [0.5, 0.6) is 0 Å². The fourth-order valence-corrected chi connectivity index (χ4v) is 9.88. The molecule has 1 amide bonds. The van der Waals surface area contributed by atoms with Gasteiger partial charge in [-0.15, -0.1) is 0 Å². The third-order valence-electron chi connectivity index (χ3n) is 12.1. The number of hydrogen-bond acceptors (Lipinski definition) is 6. The third kappa shape index (κ3) is 4.49. The topological polar surface area (TPSA) is 88.1 Å². The Balaban J connectivity index is 1.26. The molecule has 1 aliphatic heterocycles. The first-order chi connectivity index (χ1) is 18.0. The van der Waals surface area contributed by atoms with Crippen molar-refractivity contribution in [2.75, 3.05) is 27.2 Å². The van der Waals surface area contributed by atoms with Crippen molar-refractivity contribution in [1.82, 2.24) is 10.2 Å². The van der Waals surface area contributed by atoms with Crippen LogP contribution in [0.4, 0.5) is 4.79 Å². The molecule has 10 unspecified atom stereocenters. The lowest BCUT2D eigenvalue weighted by Gasteiger charge is -2.64. The fourth-order valence-electron chi connectivity index (χ4n) is 9.88. The van der Waals surface area contributed by atoms with Crippen LogP contribution in [0, 0.1) is 40.4 Å². The second kappa shape index (κ2) is 10.4. The fraction of sp³-hybridized carbons (Fsp3) is 0.871. The van der Waals surface area contributed by atoms with Crippen LogP contribution < -0.4 is 5.32 Å². The zero-order valence-electron chi connectivity index (χ0n) is 24.2. The van der Waals surface area contributed by atoms with E-state index in [1.807, 2.05) is 21.0 Å². The summed E-state index contributed by atoms with van der Waals surface area (Å²) >= 11 is 0. The Bertz CT molecular complexity index is 939. The highest BCUT2D eigenvalue weighted by atomic mass is 16.6. The summed E-state index contributed by atoms with van der Waals surface area (Å²) in [4.78, 5) is 26.2. The average molecular weight is 531 g/mol. The molecule has 0 aromatic rings. The van der Waals surface area contributed by atoms with E-state index in [9.17, 15) is 14.7 Å². The van der Waals surface area contributed by atoms with Gasteiger partial charge >= 0.3 is 12.1 Å². The lowest BCUT2D eigenvalue weighted by Crippen LogP contribution is -2.63. The molecular weight excluding hydrogens is 480 g/mol. The van der Waals surface area contributed by atoms with Crippen LogP contribution in [-0.2, 0) is 14.3 Å². The summed E-state index contributed by atoms with van der Waals surface area (Å²) in [5.74, 6) is 1.63. The van der Waals surface area contributed by atoms with Gasteiger partial charge in [-0.05, 0) is 114 Å². The molecule has 0 bridgehead atoms.